The van der Waals surface area contributed by atoms with Crippen molar-refractivity contribution in [3.63, 3.8) is 0 Å². The fourth-order valence-electron chi connectivity index (χ4n) is 6.63. The van der Waals surface area contributed by atoms with Crippen molar-refractivity contribution in [2.24, 2.45) is 11.8 Å². The van der Waals surface area contributed by atoms with Gasteiger partial charge < -0.3 is 0 Å². The quantitative estimate of drug-likeness (QED) is 0.226. The molecule has 0 bridgehead atoms. The fourth-order valence-corrected chi connectivity index (χ4v) is 6.63. The van der Waals surface area contributed by atoms with Crippen LogP contribution in [0.25, 0.3) is 16.9 Å². The Hall–Kier alpha value is -4.15. The molecule has 3 atom stereocenters. The van der Waals surface area contributed by atoms with Gasteiger partial charge in [-0.05, 0) is 55.4 Å². The fraction of sp³-hybridized carbons (Fsp3) is 0.419. The monoisotopic (exact) mass is 577 g/mol. The number of ketones is 1. The second kappa shape index (κ2) is 9.99. The first-order valence-electron chi connectivity index (χ1n) is 14.2. The van der Waals surface area contributed by atoms with Crippen LogP contribution in [0.5, 0.6) is 0 Å². The Morgan fingerprint density at radius 3 is 2.50 bits per heavy atom. The van der Waals surface area contributed by atoms with Crippen LogP contribution in [-0.2, 0) is 11.8 Å². The van der Waals surface area contributed by atoms with Crippen LogP contribution in [-0.4, -0.2) is 42.7 Å². The van der Waals surface area contributed by atoms with Crippen molar-refractivity contribution in [3.05, 3.63) is 77.6 Å². The highest BCUT2D eigenvalue weighted by atomic mass is 19.4. The lowest BCUT2D eigenvalue weighted by Crippen LogP contribution is -2.59. The van der Waals surface area contributed by atoms with E-state index in [2.05, 4.69) is 28.4 Å². The molecular weight excluding hydrogens is 545 g/mol. The van der Waals surface area contributed by atoms with E-state index in [4.69, 9.17) is 5.10 Å². The number of rotatable bonds is 5. The van der Waals surface area contributed by atoms with Crippen LogP contribution < -0.4 is 4.57 Å². The highest BCUT2D eigenvalue weighted by Gasteiger charge is 2.56. The Morgan fingerprint density at radius 1 is 1.17 bits per heavy atom. The molecule has 0 N–H and O–H groups in total. The van der Waals surface area contributed by atoms with E-state index in [1.54, 1.807) is 29.2 Å². The van der Waals surface area contributed by atoms with Gasteiger partial charge in [0.05, 0.1) is 5.56 Å². The molecule has 11 heteroatoms. The third kappa shape index (κ3) is 4.55. The van der Waals surface area contributed by atoms with Crippen molar-refractivity contribution in [2.45, 2.75) is 64.7 Å². The largest absolute Gasteiger partial charge is 0.416 e. The third-order valence-corrected chi connectivity index (χ3v) is 8.84. The summed E-state index contributed by atoms with van der Waals surface area (Å²) in [5, 5.41) is 4.76. The number of amides is 1. The molecule has 0 saturated carbocycles. The highest BCUT2D eigenvalue weighted by Crippen LogP contribution is 2.41. The predicted octanol–water partition coefficient (Wildman–Crippen LogP) is 5.67. The van der Waals surface area contributed by atoms with Crippen LogP contribution in [0.2, 0.25) is 0 Å². The molecule has 2 aliphatic heterocycles. The standard InChI is InChI=1S/C31H32F3N6O2/c1-18(2)23-15-24(20-6-8-22(9-7-20)31(32,33)34)37-39-17-25-29(42)38-13-10-21(14-26(41)27-35-11-5-12-36-27)19(3)16-30(38,4)40(25)28(23)39/h5-9,11-12,15,17-19,21H,10,13-14,16H2,1-4H3/q+1. The minimum absolute atomic E-state index is 0.0439. The molecule has 5 heterocycles. The molecule has 8 nitrogen and oxygen atoms in total. The zero-order chi connectivity index (χ0) is 30.0. The zero-order valence-electron chi connectivity index (χ0n) is 23.9. The zero-order valence-corrected chi connectivity index (χ0v) is 23.9. The molecule has 1 saturated heterocycles. The summed E-state index contributed by atoms with van der Waals surface area (Å²) in [5.41, 5.74) is 1.94. The maximum Gasteiger partial charge on any atom is 0.416 e. The van der Waals surface area contributed by atoms with Gasteiger partial charge in [0.2, 0.25) is 5.69 Å². The van der Waals surface area contributed by atoms with Gasteiger partial charge in [0, 0.05) is 42.9 Å². The Balaban J connectivity index is 1.39. The number of Topliss-reactive ketones (excluding diaryl/α,β-unsaturated/α-hetero) is 1. The molecule has 1 aromatic carbocycles. The molecule has 0 spiro atoms. The summed E-state index contributed by atoms with van der Waals surface area (Å²) in [6.45, 7) is 8.80. The molecule has 1 fully saturated rings. The Kier molecular flexibility index (Phi) is 6.66. The second-order valence-electron chi connectivity index (χ2n) is 11.9. The van der Waals surface area contributed by atoms with Crippen LogP contribution in [0.4, 0.5) is 13.2 Å². The van der Waals surface area contributed by atoms with Gasteiger partial charge in [-0.15, -0.1) is 0 Å². The predicted molar refractivity (Wildman–Crippen MR) is 147 cm³/mol. The van der Waals surface area contributed by atoms with E-state index in [9.17, 15) is 22.8 Å². The molecule has 3 aromatic heterocycles. The summed E-state index contributed by atoms with van der Waals surface area (Å²) in [4.78, 5) is 36.9. The Labute approximate surface area is 241 Å². The van der Waals surface area contributed by atoms with Gasteiger partial charge in [0.1, 0.15) is 5.69 Å². The summed E-state index contributed by atoms with van der Waals surface area (Å²) in [6, 6.07) is 8.55. The molecular formula is C31H32F3N6O2+. The van der Waals surface area contributed by atoms with Gasteiger partial charge in [-0.3, -0.25) is 14.5 Å². The average molecular weight is 578 g/mol. The van der Waals surface area contributed by atoms with E-state index in [0.717, 1.165) is 23.3 Å². The van der Waals surface area contributed by atoms with E-state index >= 15 is 0 Å². The summed E-state index contributed by atoms with van der Waals surface area (Å²) < 4.78 is 43.2. The average Bonchev–Trinajstić information content (AvgIpc) is 3.39. The van der Waals surface area contributed by atoms with E-state index in [-0.39, 0.29) is 35.3 Å². The number of hydrogen-bond acceptors (Lipinski definition) is 5. The number of fused-ring (bicyclic) bond motifs is 5. The van der Waals surface area contributed by atoms with E-state index in [0.29, 0.717) is 42.8 Å². The van der Waals surface area contributed by atoms with Gasteiger partial charge >= 0.3 is 17.7 Å². The molecule has 3 unspecified atom stereocenters. The minimum atomic E-state index is -4.42. The van der Waals surface area contributed by atoms with Crippen molar-refractivity contribution in [1.29, 1.82) is 0 Å². The number of aromatic nitrogens is 5. The van der Waals surface area contributed by atoms with Crippen LogP contribution in [0.1, 0.15) is 85.1 Å². The van der Waals surface area contributed by atoms with Crippen molar-refractivity contribution in [1.82, 2.24) is 24.5 Å². The van der Waals surface area contributed by atoms with Crippen LogP contribution in [0.3, 0.4) is 0 Å². The first-order valence-corrected chi connectivity index (χ1v) is 14.2. The smallest absolute Gasteiger partial charge is 0.294 e. The van der Waals surface area contributed by atoms with Gasteiger partial charge in [-0.25, -0.2) is 9.97 Å². The summed E-state index contributed by atoms with van der Waals surface area (Å²) in [6.07, 6.45) is 2.07. The Morgan fingerprint density at radius 2 is 1.86 bits per heavy atom. The number of carbonyl (C=O) groups excluding carboxylic acids is 2. The number of nitrogens with zero attached hydrogens (tertiary/aromatic N) is 6. The van der Waals surface area contributed by atoms with Crippen molar-refractivity contribution in [2.75, 3.05) is 6.54 Å². The normalized spacial score (nSPS) is 22.4. The van der Waals surface area contributed by atoms with Gasteiger partial charge in [-0.2, -0.15) is 17.7 Å². The number of benzene rings is 1. The minimum Gasteiger partial charge on any atom is -0.294 e. The molecule has 42 heavy (non-hydrogen) atoms. The Bertz CT molecular complexity index is 1680. The molecule has 218 valence electrons. The first kappa shape index (κ1) is 28.0. The van der Waals surface area contributed by atoms with Crippen molar-refractivity contribution < 1.29 is 27.3 Å². The highest BCUT2D eigenvalue weighted by molar-refractivity contribution is 5.93. The van der Waals surface area contributed by atoms with Crippen molar-refractivity contribution >= 4 is 17.3 Å². The SMILES string of the molecule is CC(C)c1cc(-c2ccc(C(F)(F)F)cc2)nn2cc3[n+](c12)C1(C)CC(C)C(CC(=O)c2ncccn2)CCN1C3=O. The molecule has 1 amide bonds. The van der Waals surface area contributed by atoms with Gasteiger partial charge in [-0.1, -0.05) is 42.5 Å². The van der Waals surface area contributed by atoms with Crippen LogP contribution in [0, 0.1) is 11.8 Å². The van der Waals surface area contributed by atoms with Crippen molar-refractivity contribution in [3.8, 4) is 11.3 Å². The summed E-state index contributed by atoms with van der Waals surface area (Å²) >= 11 is 0. The number of halogens is 3. The van der Waals surface area contributed by atoms with E-state index in [1.165, 1.54) is 12.1 Å². The number of hydrogen-bond donors (Lipinski definition) is 0. The molecule has 0 radical (unpaired) electrons. The van der Waals surface area contributed by atoms with Gasteiger partial charge in [0.25, 0.3) is 0 Å². The lowest BCUT2D eigenvalue weighted by atomic mass is 9.83. The molecule has 6 rings (SSSR count). The molecule has 0 aliphatic carbocycles. The number of imidazole rings is 1. The summed E-state index contributed by atoms with van der Waals surface area (Å²) in [5.74, 6) is 0.236. The topological polar surface area (TPSA) is 84.3 Å². The first-order chi connectivity index (χ1) is 19.9. The van der Waals surface area contributed by atoms with Gasteiger partial charge in [0.15, 0.2) is 23.5 Å². The lowest BCUT2D eigenvalue weighted by molar-refractivity contribution is -0.750. The van der Waals surface area contributed by atoms with Crippen LogP contribution in [0.15, 0.2) is 55.0 Å². The van der Waals surface area contributed by atoms with Crippen LogP contribution >= 0.6 is 0 Å². The van der Waals surface area contributed by atoms with E-state index in [1.807, 2.05) is 24.8 Å². The summed E-state index contributed by atoms with van der Waals surface area (Å²) in [7, 11) is 0. The third-order valence-electron chi connectivity index (χ3n) is 8.84. The van der Waals surface area contributed by atoms with E-state index < -0.39 is 17.4 Å². The maximum atomic E-state index is 13.9. The maximum absolute atomic E-state index is 13.9. The molecule has 2 aliphatic rings. The second-order valence-corrected chi connectivity index (χ2v) is 11.9. The number of carbonyl (C=O) groups is 2. The number of alkyl halides is 3. The lowest BCUT2D eigenvalue weighted by Gasteiger charge is -2.32. The molecule has 4 aromatic rings.